The number of hydrogen-bond acceptors (Lipinski definition) is 10. The maximum Gasteiger partial charge on any atom is 0.338 e. The van der Waals surface area contributed by atoms with Crippen LogP contribution >= 0.6 is 11.6 Å². The van der Waals surface area contributed by atoms with Crippen LogP contribution < -0.4 is 5.73 Å². The molecule has 2 aromatic heterocycles. The minimum Gasteiger partial charge on any atom is -0.459 e. The van der Waals surface area contributed by atoms with Crippen LogP contribution in [0, 0.1) is 0 Å². The molecule has 0 aliphatic carbocycles. The Morgan fingerprint density at radius 1 is 0.780 bits per heavy atom. The monoisotopic (exact) mass is 688 g/mol. The van der Waals surface area contributed by atoms with E-state index in [4.69, 9.17) is 31.5 Å². The Hall–Kier alpha value is -5.62. The number of anilines is 1. The van der Waals surface area contributed by atoms with E-state index >= 15 is 0 Å². The fraction of sp³-hybridized carbons (Fsp3) is 0.184. The predicted octanol–water partition coefficient (Wildman–Crippen LogP) is 6.11. The Morgan fingerprint density at radius 2 is 1.32 bits per heavy atom. The average Bonchev–Trinajstić information content (AvgIpc) is 3.73. The van der Waals surface area contributed by atoms with Crippen molar-refractivity contribution < 1.29 is 23.8 Å². The van der Waals surface area contributed by atoms with Gasteiger partial charge in [0, 0.05) is 13.1 Å². The number of hydrogen-bond donors (Lipinski definition) is 1. The Morgan fingerprint density at radius 3 is 1.90 bits per heavy atom. The summed E-state index contributed by atoms with van der Waals surface area (Å²) in [6.45, 7) is 0.786. The summed E-state index contributed by atoms with van der Waals surface area (Å²) in [5.41, 5.74) is 9.44. The molecule has 4 aromatic carbocycles. The number of rotatable bonds is 11. The number of aromatic nitrogens is 4. The standard InChI is InChI=1S/C38H33ClN6O5/c39-33-30-34(43-38(40)42-33)45(24-41-30)35-32(50-37(47)28-19-11-4-12-20-28)31(29(49-35)23-48-36(46)27-17-9-3-10-18-27)44(21-25-13-5-1-6-14-25)22-26-15-7-2-8-16-26/h1-20,24,29,31-32,35H,21-23H2,(H2,40,42,43)/t29-,31?,32?,35?/m1/s1. The van der Waals surface area contributed by atoms with Gasteiger partial charge < -0.3 is 19.9 Å². The lowest BCUT2D eigenvalue weighted by atomic mass is 10.0. The second-order valence-corrected chi connectivity index (χ2v) is 12.2. The third kappa shape index (κ3) is 7.20. The SMILES string of the molecule is Nc1nc(Cl)c2ncn(C3O[C@H](COC(=O)c4ccccc4)C(N(Cc4ccccc4)Cc4ccccc4)C3OC(=O)c3ccccc3)c2n1. The average molecular weight is 689 g/mol. The summed E-state index contributed by atoms with van der Waals surface area (Å²) in [5.74, 6) is -1.11. The molecule has 1 saturated heterocycles. The van der Waals surface area contributed by atoms with Crippen LogP contribution in [0.2, 0.25) is 5.15 Å². The summed E-state index contributed by atoms with van der Waals surface area (Å²) in [4.78, 5) is 42.2. The van der Waals surface area contributed by atoms with Crippen molar-refractivity contribution in [1.82, 2.24) is 24.4 Å². The first-order valence-electron chi connectivity index (χ1n) is 16.1. The third-order valence-corrected chi connectivity index (χ3v) is 8.77. The molecule has 0 radical (unpaired) electrons. The van der Waals surface area contributed by atoms with Crippen molar-refractivity contribution >= 4 is 40.7 Å². The van der Waals surface area contributed by atoms with Crippen molar-refractivity contribution in [3.63, 3.8) is 0 Å². The second kappa shape index (κ2) is 14.9. The minimum atomic E-state index is -0.975. The van der Waals surface area contributed by atoms with E-state index in [-0.39, 0.29) is 17.7 Å². The molecule has 11 nitrogen and oxygen atoms in total. The third-order valence-electron chi connectivity index (χ3n) is 8.50. The number of halogens is 1. The lowest BCUT2D eigenvalue weighted by molar-refractivity contribution is -0.0598. The van der Waals surface area contributed by atoms with E-state index in [9.17, 15) is 9.59 Å². The van der Waals surface area contributed by atoms with Gasteiger partial charge in [0.25, 0.3) is 0 Å². The van der Waals surface area contributed by atoms with Crippen LogP contribution in [0.3, 0.4) is 0 Å². The molecule has 2 N–H and O–H groups in total. The molecule has 3 unspecified atom stereocenters. The summed E-state index contributed by atoms with van der Waals surface area (Å²) in [7, 11) is 0. The molecule has 50 heavy (non-hydrogen) atoms. The topological polar surface area (TPSA) is 135 Å². The van der Waals surface area contributed by atoms with Gasteiger partial charge in [0.15, 0.2) is 23.1 Å². The van der Waals surface area contributed by atoms with Gasteiger partial charge >= 0.3 is 11.9 Å². The van der Waals surface area contributed by atoms with Crippen LogP contribution in [0.1, 0.15) is 38.1 Å². The van der Waals surface area contributed by atoms with Gasteiger partial charge in [-0.15, -0.1) is 0 Å². The molecule has 1 aliphatic heterocycles. The summed E-state index contributed by atoms with van der Waals surface area (Å²) in [6, 6.07) is 36.8. The molecule has 7 rings (SSSR count). The van der Waals surface area contributed by atoms with Crippen molar-refractivity contribution in [2.24, 2.45) is 0 Å². The maximum atomic E-state index is 13.9. The number of carbonyl (C=O) groups excluding carboxylic acids is 2. The first kappa shape index (κ1) is 32.9. The largest absolute Gasteiger partial charge is 0.459 e. The first-order chi connectivity index (χ1) is 24.4. The molecule has 0 amide bonds. The molecule has 1 fully saturated rings. The molecule has 0 spiro atoms. The number of nitrogen functional groups attached to an aromatic ring is 1. The molecule has 12 heteroatoms. The molecular weight excluding hydrogens is 656 g/mol. The number of benzene rings is 4. The van der Waals surface area contributed by atoms with Gasteiger partial charge in [-0.3, -0.25) is 9.47 Å². The van der Waals surface area contributed by atoms with E-state index in [1.165, 1.54) is 6.33 Å². The highest BCUT2D eigenvalue weighted by Gasteiger charge is 2.52. The number of carbonyl (C=O) groups is 2. The summed E-state index contributed by atoms with van der Waals surface area (Å²) >= 11 is 6.42. The molecule has 1 aliphatic rings. The normalized spacial score (nSPS) is 18.7. The molecule has 4 atom stereocenters. The van der Waals surface area contributed by atoms with Gasteiger partial charge in [0.05, 0.1) is 23.5 Å². The van der Waals surface area contributed by atoms with Crippen molar-refractivity contribution in [2.75, 3.05) is 12.3 Å². The van der Waals surface area contributed by atoms with E-state index in [1.54, 1.807) is 53.1 Å². The van der Waals surface area contributed by atoms with Gasteiger partial charge in [-0.2, -0.15) is 9.97 Å². The van der Waals surface area contributed by atoms with Crippen LogP contribution in [-0.2, 0) is 27.3 Å². The fourth-order valence-corrected chi connectivity index (χ4v) is 6.44. The van der Waals surface area contributed by atoms with Crippen molar-refractivity contribution in [2.45, 2.75) is 37.6 Å². The molecule has 3 heterocycles. The fourth-order valence-electron chi connectivity index (χ4n) is 6.22. The van der Waals surface area contributed by atoms with E-state index < -0.39 is 36.4 Å². The molecule has 0 saturated carbocycles. The Kier molecular flexibility index (Phi) is 9.79. The molecule has 6 aromatic rings. The Bertz CT molecular complexity index is 2030. The van der Waals surface area contributed by atoms with E-state index in [1.807, 2.05) is 72.8 Å². The van der Waals surface area contributed by atoms with Crippen LogP contribution in [0.5, 0.6) is 0 Å². The lowest BCUT2D eigenvalue weighted by Gasteiger charge is -2.35. The first-order valence-corrected chi connectivity index (χ1v) is 16.4. The molecular formula is C38H33ClN6O5. The number of nitrogens with zero attached hydrogens (tertiary/aromatic N) is 5. The van der Waals surface area contributed by atoms with Gasteiger partial charge in [0.2, 0.25) is 5.95 Å². The number of imidazole rings is 1. The van der Waals surface area contributed by atoms with Crippen LogP contribution in [0.25, 0.3) is 11.2 Å². The van der Waals surface area contributed by atoms with Crippen molar-refractivity contribution in [3.05, 3.63) is 155 Å². The van der Waals surface area contributed by atoms with Gasteiger partial charge in [0.1, 0.15) is 18.2 Å². The zero-order valence-electron chi connectivity index (χ0n) is 26.8. The second-order valence-electron chi connectivity index (χ2n) is 11.8. The van der Waals surface area contributed by atoms with Crippen molar-refractivity contribution in [1.29, 1.82) is 0 Å². The highest BCUT2D eigenvalue weighted by molar-refractivity contribution is 6.33. The van der Waals surface area contributed by atoms with Crippen molar-refractivity contribution in [3.8, 4) is 0 Å². The summed E-state index contributed by atoms with van der Waals surface area (Å²) < 4.78 is 20.7. The highest BCUT2D eigenvalue weighted by Crippen LogP contribution is 2.39. The lowest BCUT2D eigenvalue weighted by Crippen LogP contribution is -2.49. The Labute approximate surface area is 293 Å². The summed E-state index contributed by atoms with van der Waals surface area (Å²) in [6.07, 6.45) is -1.20. The predicted molar refractivity (Wildman–Crippen MR) is 187 cm³/mol. The molecule has 252 valence electrons. The van der Waals surface area contributed by atoms with Crippen LogP contribution in [0.4, 0.5) is 5.95 Å². The van der Waals surface area contributed by atoms with E-state index in [0.717, 1.165) is 11.1 Å². The Balaban J connectivity index is 1.34. The summed E-state index contributed by atoms with van der Waals surface area (Å²) in [5, 5.41) is 0.0711. The zero-order valence-corrected chi connectivity index (χ0v) is 27.5. The number of fused-ring (bicyclic) bond motifs is 1. The van der Waals surface area contributed by atoms with Gasteiger partial charge in [-0.1, -0.05) is 109 Å². The number of esters is 2. The minimum absolute atomic E-state index is 0.0558. The quantitative estimate of drug-likeness (QED) is 0.125. The van der Waals surface area contributed by atoms with Crippen LogP contribution in [-0.4, -0.2) is 61.2 Å². The van der Waals surface area contributed by atoms with E-state index in [2.05, 4.69) is 19.9 Å². The smallest absolute Gasteiger partial charge is 0.338 e. The number of ether oxygens (including phenoxy) is 3. The van der Waals surface area contributed by atoms with E-state index in [0.29, 0.717) is 35.4 Å². The van der Waals surface area contributed by atoms with Gasteiger partial charge in [-0.05, 0) is 35.4 Å². The highest BCUT2D eigenvalue weighted by atomic mass is 35.5. The van der Waals surface area contributed by atoms with Crippen LogP contribution in [0.15, 0.2) is 128 Å². The molecule has 0 bridgehead atoms. The van der Waals surface area contributed by atoms with Gasteiger partial charge in [-0.25, -0.2) is 14.6 Å². The maximum absolute atomic E-state index is 13.9. The number of nitrogens with two attached hydrogens (primary N) is 1. The zero-order chi connectivity index (χ0) is 34.5.